The van der Waals surface area contributed by atoms with Crippen LogP contribution in [0.1, 0.15) is 25.0 Å². The van der Waals surface area contributed by atoms with Crippen LogP contribution in [0, 0.1) is 6.92 Å². The first kappa shape index (κ1) is 27.2. The number of benzene rings is 3. The molecule has 9 heteroatoms. The van der Waals surface area contributed by atoms with Gasteiger partial charge in [0, 0.05) is 13.1 Å². The molecule has 1 N–H and O–H groups in total. The number of sulfonamides is 1. The molecule has 0 spiro atoms. The molecule has 190 valence electrons. The summed E-state index contributed by atoms with van der Waals surface area (Å²) in [6.45, 7) is 5.29. The Bertz CT molecular complexity index is 1300. The van der Waals surface area contributed by atoms with Gasteiger partial charge in [-0.2, -0.15) is 0 Å². The molecule has 0 aliphatic rings. The maximum Gasteiger partial charge on any atom is 0.264 e. The van der Waals surface area contributed by atoms with Gasteiger partial charge in [-0.15, -0.1) is 0 Å². The molecule has 3 aromatic rings. The normalized spacial score (nSPS) is 12.0. The fourth-order valence-electron chi connectivity index (χ4n) is 3.69. The fraction of sp³-hybridized carbons (Fsp3) is 0.259. The van der Waals surface area contributed by atoms with Gasteiger partial charge in [-0.1, -0.05) is 71.8 Å². The number of anilines is 1. The van der Waals surface area contributed by atoms with E-state index in [1.807, 2.05) is 37.3 Å². The number of halogens is 1. The number of nitrogens with zero attached hydrogens (tertiary/aromatic N) is 2. The smallest absolute Gasteiger partial charge is 0.264 e. The number of para-hydroxylation sites is 1. The number of amides is 2. The van der Waals surface area contributed by atoms with Crippen molar-refractivity contribution in [1.29, 1.82) is 0 Å². The number of carbonyl (C=O) groups is 2. The molecule has 3 rings (SSSR count). The third kappa shape index (κ3) is 6.44. The minimum atomic E-state index is -4.15. The van der Waals surface area contributed by atoms with E-state index >= 15 is 0 Å². The quantitative estimate of drug-likeness (QED) is 0.423. The third-order valence-corrected chi connectivity index (χ3v) is 7.82. The largest absolute Gasteiger partial charge is 0.355 e. The Balaban J connectivity index is 2.03. The zero-order valence-corrected chi connectivity index (χ0v) is 22.1. The monoisotopic (exact) mass is 527 g/mol. The highest BCUT2D eigenvalue weighted by molar-refractivity contribution is 7.92. The molecule has 0 radical (unpaired) electrons. The van der Waals surface area contributed by atoms with Crippen LogP contribution in [0.5, 0.6) is 0 Å². The standard InChI is InChI=1S/C27H30ClN3O4S/c1-4-29-27(33)21(3)30(18-22-10-6-5-7-11-22)26(32)19-31(25-13-9-8-12-24(25)28)36(34,35)23-16-14-20(2)15-17-23/h5-17,21H,4,18-19H2,1-3H3,(H,29,33)/t21-/m1/s1. The molecule has 0 fully saturated rings. The first-order chi connectivity index (χ1) is 17.1. The van der Waals surface area contributed by atoms with Gasteiger partial charge in [0.15, 0.2) is 0 Å². The molecule has 0 aromatic heterocycles. The number of aryl methyl sites for hydroxylation is 1. The third-order valence-electron chi connectivity index (χ3n) is 5.72. The molecule has 0 saturated heterocycles. The van der Waals surface area contributed by atoms with Crippen LogP contribution in [0.3, 0.4) is 0 Å². The summed E-state index contributed by atoms with van der Waals surface area (Å²) in [6.07, 6.45) is 0. The van der Waals surface area contributed by atoms with Gasteiger partial charge in [0.2, 0.25) is 11.8 Å². The summed E-state index contributed by atoms with van der Waals surface area (Å²) >= 11 is 6.39. The van der Waals surface area contributed by atoms with Gasteiger partial charge in [0.25, 0.3) is 10.0 Å². The molecule has 7 nitrogen and oxygen atoms in total. The molecule has 0 bridgehead atoms. The van der Waals surface area contributed by atoms with Crippen molar-refractivity contribution < 1.29 is 18.0 Å². The van der Waals surface area contributed by atoms with Crippen LogP contribution < -0.4 is 9.62 Å². The Morgan fingerprint density at radius 3 is 2.17 bits per heavy atom. The molecule has 36 heavy (non-hydrogen) atoms. The summed E-state index contributed by atoms with van der Waals surface area (Å²) in [4.78, 5) is 27.8. The van der Waals surface area contributed by atoms with Crippen LogP contribution in [0.15, 0.2) is 83.8 Å². The van der Waals surface area contributed by atoms with Crippen molar-refractivity contribution in [2.75, 3.05) is 17.4 Å². The molecule has 0 aliphatic heterocycles. The number of hydrogen-bond acceptors (Lipinski definition) is 4. The average molecular weight is 528 g/mol. The highest BCUT2D eigenvalue weighted by Gasteiger charge is 2.33. The molecule has 1 atom stereocenters. The van der Waals surface area contributed by atoms with Crippen molar-refractivity contribution in [3.63, 3.8) is 0 Å². The molecule has 0 saturated carbocycles. The van der Waals surface area contributed by atoms with E-state index in [2.05, 4.69) is 5.32 Å². The lowest BCUT2D eigenvalue weighted by Crippen LogP contribution is -2.51. The maximum absolute atomic E-state index is 13.7. The molecule has 3 aromatic carbocycles. The lowest BCUT2D eigenvalue weighted by atomic mass is 10.1. The topological polar surface area (TPSA) is 86.8 Å². The van der Waals surface area contributed by atoms with E-state index in [1.54, 1.807) is 50.2 Å². The Morgan fingerprint density at radius 2 is 1.56 bits per heavy atom. The highest BCUT2D eigenvalue weighted by atomic mass is 35.5. The van der Waals surface area contributed by atoms with Crippen molar-refractivity contribution in [3.05, 3.63) is 95.0 Å². The van der Waals surface area contributed by atoms with Crippen LogP contribution in [-0.2, 0) is 26.2 Å². The van der Waals surface area contributed by atoms with Gasteiger partial charge < -0.3 is 10.2 Å². The Hall–Kier alpha value is -3.36. The minimum Gasteiger partial charge on any atom is -0.355 e. The highest BCUT2D eigenvalue weighted by Crippen LogP contribution is 2.30. The first-order valence-electron chi connectivity index (χ1n) is 11.6. The van der Waals surface area contributed by atoms with E-state index in [9.17, 15) is 18.0 Å². The van der Waals surface area contributed by atoms with Crippen molar-refractivity contribution in [3.8, 4) is 0 Å². The van der Waals surface area contributed by atoms with Crippen molar-refractivity contribution in [2.45, 2.75) is 38.3 Å². The van der Waals surface area contributed by atoms with E-state index in [0.717, 1.165) is 15.4 Å². The Morgan fingerprint density at radius 1 is 0.944 bits per heavy atom. The van der Waals surface area contributed by atoms with Crippen LogP contribution in [0.2, 0.25) is 5.02 Å². The van der Waals surface area contributed by atoms with Crippen LogP contribution >= 0.6 is 11.6 Å². The molecule has 0 unspecified atom stereocenters. The van der Waals surface area contributed by atoms with Gasteiger partial charge in [-0.3, -0.25) is 13.9 Å². The lowest BCUT2D eigenvalue weighted by Gasteiger charge is -2.32. The van der Waals surface area contributed by atoms with E-state index in [4.69, 9.17) is 11.6 Å². The maximum atomic E-state index is 13.7. The van der Waals surface area contributed by atoms with Crippen molar-refractivity contribution in [2.24, 2.45) is 0 Å². The Kier molecular flexibility index (Phi) is 9.12. The predicted molar refractivity (Wildman–Crippen MR) is 142 cm³/mol. The van der Waals surface area contributed by atoms with E-state index < -0.39 is 28.5 Å². The van der Waals surface area contributed by atoms with Crippen molar-refractivity contribution in [1.82, 2.24) is 10.2 Å². The second-order valence-electron chi connectivity index (χ2n) is 8.35. The van der Waals surface area contributed by atoms with Gasteiger partial charge in [0.1, 0.15) is 12.6 Å². The van der Waals surface area contributed by atoms with Gasteiger partial charge >= 0.3 is 0 Å². The molecule has 0 aliphatic carbocycles. The van der Waals surface area contributed by atoms with E-state index in [1.165, 1.54) is 17.0 Å². The second-order valence-corrected chi connectivity index (χ2v) is 10.6. The summed E-state index contributed by atoms with van der Waals surface area (Å²) in [7, 11) is -4.15. The zero-order valence-electron chi connectivity index (χ0n) is 20.5. The van der Waals surface area contributed by atoms with E-state index in [-0.39, 0.29) is 28.1 Å². The number of rotatable bonds is 10. The van der Waals surface area contributed by atoms with Crippen LogP contribution in [0.25, 0.3) is 0 Å². The SMILES string of the molecule is CCNC(=O)[C@@H](C)N(Cc1ccccc1)C(=O)CN(c1ccccc1Cl)S(=O)(=O)c1ccc(C)cc1. The van der Waals surface area contributed by atoms with Gasteiger partial charge in [-0.05, 0) is 50.6 Å². The zero-order chi connectivity index (χ0) is 26.3. The number of likely N-dealkylation sites (N-methyl/N-ethyl adjacent to an activating group) is 1. The fourth-order valence-corrected chi connectivity index (χ4v) is 5.41. The molecular weight excluding hydrogens is 498 g/mol. The lowest BCUT2D eigenvalue weighted by molar-refractivity contribution is -0.139. The summed E-state index contributed by atoms with van der Waals surface area (Å²) in [6, 6.07) is 21.2. The van der Waals surface area contributed by atoms with Crippen LogP contribution in [-0.4, -0.2) is 44.3 Å². The summed E-state index contributed by atoms with van der Waals surface area (Å²) in [5, 5.41) is 2.92. The van der Waals surface area contributed by atoms with E-state index in [0.29, 0.717) is 6.54 Å². The molecular formula is C27H30ClN3O4S. The van der Waals surface area contributed by atoms with Crippen LogP contribution in [0.4, 0.5) is 5.69 Å². The van der Waals surface area contributed by atoms with Gasteiger partial charge in [0.05, 0.1) is 15.6 Å². The Labute approximate surface area is 217 Å². The first-order valence-corrected chi connectivity index (χ1v) is 13.4. The van der Waals surface area contributed by atoms with Crippen molar-refractivity contribution >= 4 is 39.1 Å². The minimum absolute atomic E-state index is 0.0344. The number of nitrogens with one attached hydrogen (secondary N) is 1. The summed E-state index contributed by atoms with van der Waals surface area (Å²) in [5.41, 5.74) is 1.89. The molecule has 2 amide bonds. The number of hydrogen-bond donors (Lipinski definition) is 1. The summed E-state index contributed by atoms with van der Waals surface area (Å²) in [5.74, 6) is -0.860. The van der Waals surface area contributed by atoms with Gasteiger partial charge in [-0.25, -0.2) is 8.42 Å². The second kappa shape index (κ2) is 12.1. The molecule has 0 heterocycles. The average Bonchev–Trinajstić information content (AvgIpc) is 2.87. The predicted octanol–water partition coefficient (Wildman–Crippen LogP) is 4.40. The summed E-state index contributed by atoms with van der Waals surface area (Å²) < 4.78 is 28.5. The number of carbonyl (C=O) groups excluding carboxylic acids is 2.